The average Bonchev–Trinajstić information content (AvgIpc) is 2.60. The lowest BCUT2D eigenvalue weighted by Crippen LogP contribution is -2.42. The molecule has 0 aromatic carbocycles. The second-order valence-electron chi connectivity index (χ2n) is 7.64. The molecule has 1 aliphatic rings. The fourth-order valence-electron chi connectivity index (χ4n) is 3.06. The number of aromatic nitrogens is 2. The molecule has 1 amide bonds. The summed E-state index contributed by atoms with van der Waals surface area (Å²) in [5.74, 6) is 0.526. The molecule has 0 aliphatic carbocycles. The van der Waals surface area contributed by atoms with Gasteiger partial charge in [-0.3, -0.25) is 4.98 Å². The van der Waals surface area contributed by atoms with Crippen LogP contribution < -0.4 is 0 Å². The molecule has 1 atom stereocenters. The van der Waals surface area contributed by atoms with Crippen molar-refractivity contribution in [2.24, 2.45) is 5.92 Å². The lowest BCUT2D eigenvalue weighted by Gasteiger charge is -2.34. The van der Waals surface area contributed by atoms with Crippen LogP contribution in [0.4, 0.5) is 4.79 Å². The Balaban J connectivity index is 1.67. The van der Waals surface area contributed by atoms with Crippen molar-refractivity contribution in [2.75, 3.05) is 26.0 Å². The van der Waals surface area contributed by atoms with Crippen LogP contribution in [0.2, 0.25) is 0 Å². The van der Waals surface area contributed by atoms with Gasteiger partial charge in [0.05, 0.1) is 12.3 Å². The highest BCUT2D eigenvalue weighted by atomic mass is 32.2. The molecular weight excluding hydrogens is 350 g/mol. The number of piperidine rings is 1. The van der Waals surface area contributed by atoms with E-state index in [1.54, 1.807) is 24.2 Å². The molecule has 2 rings (SSSR count). The lowest BCUT2D eigenvalue weighted by molar-refractivity contribution is 0.0154. The van der Waals surface area contributed by atoms with Crippen molar-refractivity contribution < 1.29 is 14.3 Å². The number of thioether (sulfide) groups is 1. The number of ether oxygens (including phenoxy) is 2. The molecule has 6 nitrogen and oxygen atoms in total. The van der Waals surface area contributed by atoms with Gasteiger partial charge in [0.2, 0.25) is 0 Å². The van der Waals surface area contributed by atoms with Crippen LogP contribution in [0.25, 0.3) is 0 Å². The van der Waals surface area contributed by atoms with Crippen LogP contribution in [0.1, 0.15) is 52.1 Å². The number of rotatable bonds is 7. The van der Waals surface area contributed by atoms with Crippen molar-refractivity contribution in [3.05, 3.63) is 18.1 Å². The number of hydrogen-bond donors (Lipinski definition) is 0. The van der Waals surface area contributed by atoms with E-state index in [0.717, 1.165) is 43.1 Å². The summed E-state index contributed by atoms with van der Waals surface area (Å²) in [4.78, 5) is 22.7. The normalized spacial score (nSPS) is 18.0. The summed E-state index contributed by atoms with van der Waals surface area (Å²) >= 11 is 1.59. The second-order valence-corrected chi connectivity index (χ2v) is 8.44. The van der Waals surface area contributed by atoms with Gasteiger partial charge in [0.25, 0.3) is 0 Å². The van der Waals surface area contributed by atoms with E-state index >= 15 is 0 Å². The zero-order valence-electron chi connectivity index (χ0n) is 16.4. The number of likely N-dealkylation sites (tertiary alicyclic amines) is 1. The zero-order valence-corrected chi connectivity index (χ0v) is 17.2. The largest absolute Gasteiger partial charge is 0.444 e. The first-order valence-electron chi connectivity index (χ1n) is 9.28. The molecule has 26 heavy (non-hydrogen) atoms. The van der Waals surface area contributed by atoms with Crippen molar-refractivity contribution in [3.63, 3.8) is 0 Å². The fraction of sp³-hybridized carbons (Fsp3) is 0.737. The Morgan fingerprint density at radius 3 is 2.85 bits per heavy atom. The Kier molecular flexibility index (Phi) is 8.15. The first-order valence-corrected chi connectivity index (χ1v) is 10.5. The molecule has 0 unspecified atom stereocenters. The summed E-state index contributed by atoms with van der Waals surface area (Å²) in [7, 11) is 0. The minimum Gasteiger partial charge on any atom is -0.444 e. The van der Waals surface area contributed by atoms with Crippen LogP contribution in [-0.4, -0.2) is 52.5 Å². The van der Waals surface area contributed by atoms with E-state index in [1.165, 1.54) is 6.42 Å². The Labute approximate surface area is 161 Å². The van der Waals surface area contributed by atoms with Crippen LogP contribution in [0, 0.1) is 5.92 Å². The van der Waals surface area contributed by atoms with Gasteiger partial charge >= 0.3 is 6.09 Å². The first-order chi connectivity index (χ1) is 12.4. The van der Waals surface area contributed by atoms with Crippen molar-refractivity contribution in [2.45, 2.75) is 63.7 Å². The molecule has 1 fully saturated rings. The maximum atomic E-state index is 12.2. The summed E-state index contributed by atoms with van der Waals surface area (Å²) in [6, 6.07) is 0. The molecule has 7 heteroatoms. The monoisotopic (exact) mass is 381 g/mol. The van der Waals surface area contributed by atoms with Gasteiger partial charge in [-0.15, -0.1) is 11.8 Å². The number of amides is 1. The molecule has 1 aliphatic heterocycles. The van der Waals surface area contributed by atoms with Crippen molar-refractivity contribution >= 4 is 17.9 Å². The van der Waals surface area contributed by atoms with Gasteiger partial charge in [-0.1, -0.05) is 0 Å². The number of hydrogen-bond acceptors (Lipinski definition) is 6. The molecule has 146 valence electrons. The Hall–Kier alpha value is -1.34. The predicted molar refractivity (Wildman–Crippen MR) is 103 cm³/mol. The van der Waals surface area contributed by atoms with Gasteiger partial charge in [0.15, 0.2) is 0 Å². The Morgan fingerprint density at radius 1 is 1.35 bits per heavy atom. The quantitative estimate of drug-likeness (QED) is 0.522. The topological polar surface area (TPSA) is 64.6 Å². The van der Waals surface area contributed by atoms with Crippen molar-refractivity contribution in [1.82, 2.24) is 14.9 Å². The summed E-state index contributed by atoms with van der Waals surface area (Å²) < 4.78 is 11.3. The molecule has 0 bridgehead atoms. The van der Waals surface area contributed by atoms with Gasteiger partial charge in [-0.2, -0.15) is 0 Å². The van der Waals surface area contributed by atoms with Crippen LogP contribution in [-0.2, 0) is 16.1 Å². The van der Waals surface area contributed by atoms with Crippen LogP contribution in [0.15, 0.2) is 17.4 Å². The Bertz CT molecular complexity index is 577. The van der Waals surface area contributed by atoms with E-state index in [2.05, 4.69) is 9.97 Å². The van der Waals surface area contributed by atoms with Crippen molar-refractivity contribution in [1.29, 1.82) is 0 Å². The van der Waals surface area contributed by atoms with Gasteiger partial charge in [-0.25, -0.2) is 9.78 Å². The van der Waals surface area contributed by atoms with E-state index in [0.29, 0.717) is 19.1 Å². The number of nitrogens with zero attached hydrogens (tertiary/aromatic N) is 3. The SMILES string of the molecule is CSc1nccnc1COCCC[C@H]1CCCN(C(=O)OC(C)(C)C)C1. The lowest BCUT2D eigenvalue weighted by atomic mass is 9.94. The molecular formula is C19H31N3O3S. The van der Waals surface area contributed by atoms with Crippen molar-refractivity contribution in [3.8, 4) is 0 Å². The third kappa shape index (κ3) is 7.11. The van der Waals surface area contributed by atoms with E-state index < -0.39 is 5.60 Å². The molecule has 1 aromatic heterocycles. The maximum Gasteiger partial charge on any atom is 0.410 e. The third-order valence-corrected chi connectivity index (χ3v) is 4.97. The summed E-state index contributed by atoms with van der Waals surface area (Å²) in [6.07, 6.45) is 9.47. The number of carbonyl (C=O) groups excluding carboxylic acids is 1. The summed E-state index contributed by atoms with van der Waals surface area (Å²) in [5.41, 5.74) is 0.460. The van der Waals surface area contributed by atoms with Gasteiger partial charge in [0, 0.05) is 32.1 Å². The molecule has 2 heterocycles. The molecule has 1 aromatic rings. The average molecular weight is 382 g/mol. The fourth-order valence-corrected chi connectivity index (χ4v) is 3.57. The minimum absolute atomic E-state index is 0.189. The standard InChI is InChI=1S/C19H31N3O3S/c1-19(2,3)25-18(23)22-11-5-7-15(13-22)8-6-12-24-14-16-17(26-4)21-10-9-20-16/h9-10,15H,5-8,11-14H2,1-4H3/t15-/m1/s1. The predicted octanol–water partition coefficient (Wildman–Crippen LogP) is 4.14. The maximum absolute atomic E-state index is 12.2. The van der Waals surface area contributed by atoms with Gasteiger partial charge < -0.3 is 14.4 Å². The number of carbonyl (C=O) groups is 1. The highest BCUT2D eigenvalue weighted by Crippen LogP contribution is 2.23. The molecule has 0 saturated carbocycles. The highest BCUT2D eigenvalue weighted by molar-refractivity contribution is 7.98. The van der Waals surface area contributed by atoms with E-state index in [4.69, 9.17) is 9.47 Å². The smallest absolute Gasteiger partial charge is 0.410 e. The van der Waals surface area contributed by atoms with Gasteiger partial charge in [0.1, 0.15) is 10.6 Å². The van der Waals surface area contributed by atoms with Crippen LogP contribution >= 0.6 is 11.8 Å². The van der Waals surface area contributed by atoms with E-state index in [1.807, 2.05) is 31.9 Å². The summed E-state index contributed by atoms with van der Waals surface area (Å²) in [5, 5.41) is 0.924. The van der Waals surface area contributed by atoms with Crippen LogP contribution in [0.3, 0.4) is 0 Å². The van der Waals surface area contributed by atoms with Crippen LogP contribution in [0.5, 0.6) is 0 Å². The Morgan fingerprint density at radius 2 is 2.12 bits per heavy atom. The molecule has 1 saturated heterocycles. The first kappa shape index (κ1) is 21.0. The molecule has 0 N–H and O–H groups in total. The molecule has 0 spiro atoms. The van der Waals surface area contributed by atoms with Gasteiger partial charge in [-0.05, 0) is 58.6 Å². The minimum atomic E-state index is -0.437. The molecule has 0 radical (unpaired) electrons. The van der Waals surface area contributed by atoms with E-state index in [9.17, 15) is 4.79 Å². The van der Waals surface area contributed by atoms with E-state index in [-0.39, 0.29) is 6.09 Å². The highest BCUT2D eigenvalue weighted by Gasteiger charge is 2.27. The summed E-state index contributed by atoms with van der Waals surface area (Å²) in [6.45, 7) is 8.50. The zero-order chi connectivity index (χ0) is 19.0. The second kappa shape index (κ2) is 10.1. The third-order valence-electron chi connectivity index (χ3n) is 4.24.